The molecule has 2 atom stereocenters. The zero-order valence-corrected chi connectivity index (χ0v) is 13.4. The number of halogens is 1. The van der Waals surface area contributed by atoms with Crippen molar-refractivity contribution in [1.29, 1.82) is 0 Å². The van der Waals surface area contributed by atoms with Crippen molar-refractivity contribution in [2.24, 2.45) is 0 Å². The highest BCUT2D eigenvalue weighted by Gasteiger charge is 2.31. The van der Waals surface area contributed by atoms with Crippen LogP contribution in [0.3, 0.4) is 0 Å². The maximum absolute atomic E-state index is 12.3. The molecule has 5 nitrogen and oxygen atoms in total. The number of hydrogen-bond donors (Lipinski definition) is 4. The number of aryl methyl sites for hydroxylation is 1. The summed E-state index contributed by atoms with van der Waals surface area (Å²) in [6.45, 7) is 1.84. The molecule has 0 aliphatic carbocycles. The Balaban J connectivity index is 1.69. The number of amides is 1. The molecule has 1 amide bonds. The van der Waals surface area contributed by atoms with Gasteiger partial charge in [0.2, 0.25) is 5.91 Å². The molecule has 0 radical (unpaired) electrons. The van der Waals surface area contributed by atoms with Crippen LogP contribution in [0.25, 0.3) is 0 Å². The molecule has 2 unspecified atom stereocenters. The zero-order chi connectivity index (χ0) is 16.4. The summed E-state index contributed by atoms with van der Waals surface area (Å²) in [7, 11) is 0. The van der Waals surface area contributed by atoms with E-state index in [2.05, 4.69) is 16.2 Å². The highest BCUT2D eigenvalue weighted by molar-refractivity contribution is 6.31. The Morgan fingerprint density at radius 3 is 2.74 bits per heavy atom. The summed E-state index contributed by atoms with van der Waals surface area (Å²) >= 11 is 6.13. The average molecular weight is 332 g/mol. The molecule has 1 fully saturated rings. The van der Waals surface area contributed by atoms with Crippen LogP contribution in [0, 0.1) is 6.92 Å². The minimum absolute atomic E-state index is 0.121. The number of nitrogens with one attached hydrogen (secondary N) is 3. The topological polar surface area (TPSA) is 73.4 Å². The van der Waals surface area contributed by atoms with E-state index in [4.69, 9.17) is 11.6 Å². The van der Waals surface area contributed by atoms with Gasteiger partial charge in [0.05, 0.1) is 6.04 Å². The van der Waals surface area contributed by atoms with Crippen LogP contribution < -0.4 is 16.2 Å². The fourth-order valence-electron chi connectivity index (χ4n) is 2.64. The van der Waals surface area contributed by atoms with Gasteiger partial charge in [0, 0.05) is 16.3 Å². The summed E-state index contributed by atoms with van der Waals surface area (Å²) in [5.74, 6) is 0.0548. The first-order valence-electron chi connectivity index (χ1n) is 7.40. The fourth-order valence-corrected chi connectivity index (χ4v) is 2.82. The zero-order valence-electron chi connectivity index (χ0n) is 12.6. The lowest BCUT2D eigenvalue weighted by Gasteiger charge is -2.13. The van der Waals surface area contributed by atoms with Crippen molar-refractivity contribution in [2.45, 2.75) is 25.4 Å². The van der Waals surface area contributed by atoms with Gasteiger partial charge >= 0.3 is 0 Å². The number of para-hydroxylation sites is 1. The number of aromatic hydroxyl groups is 1. The number of rotatable bonds is 3. The van der Waals surface area contributed by atoms with E-state index >= 15 is 0 Å². The second kappa shape index (κ2) is 6.58. The molecule has 0 spiro atoms. The molecule has 2 aromatic carbocycles. The van der Waals surface area contributed by atoms with E-state index in [1.807, 2.05) is 37.3 Å². The van der Waals surface area contributed by atoms with Gasteiger partial charge in [0.1, 0.15) is 11.8 Å². The smallest absolute Gasteiger partial charge is 0.242 e. The molecule has 2 aromatic rings. The van der Waals surface area contributed by atoms with E-state index in [1.165, 1.54) is 0 Å². The van der Waals surface area contributed by atoms with Gasteiger partial charge in [0.15, 0.2) is 0 Å². The SMILES string of the molecule is Cc1cc(O)c(C2CC(C(=O)Nc3ccccc3)NN2)cc1Cl. The van der Waals surface area contributed by atoms with Crippen molar-refractivity contribution in [2.75, 3.05) is 5.32 Å². The molecule has 3 rings (SSSR count). The Morgan fingerprint density at radius 2 is 2.00 bits per heavy atom. The van der Waals surface area contributed by atoms with Gasteiger partial charge in [-0.05, 0) is 43.2 Å². The number of carbonyl (C=O) groups excluding carboxylic acids is 1. The molecule has 0 bridgehead atoms. The van der Waals surface area contributed by atoms with Crippen molar-refractivity contribution < 1.29 is 9.90 Å². The third-order valence-electron chi connectivity index (χ3n) is 3.94. The van der Waals surface area contributed by atoms with E-state index in [9.17, 15) is 9.90 Å². The minimum atomic E-state index is -0.389. The first-order valence-corrected chi connectivity index (χ1v) is 7.78. The lowest BCUT2D eigenvalue weighted by molar-refractivity contribution is -0.117. The van der Waals surface area contributed by atoms with Crippen molar-refractivity contribution in [1.82, 2.24) is 10.9 Å². The number of carbonyl (C=O) groups is 1. The minimum Gasteiger partial charge on any atom is -0.508 e. The normalized spacial score (nSPS) is 20.4. The fraction of sp³-hybridized carbons (Fsp3) is 0.235. The van der Waals surface area contributed by atoms with Gasteiger partial charge in [-0.2, -0.15) is 0 Å². The molecule has 4 N–H and O–H groups in total. The Morgan fingerprint density at radius 1 is 1.26 bits per heavy atom. The van der Waals surface area contributed by atoms with Crippen LogP contribution in [0.2, 0.25) is 5.02 Å². The summed E-state index contributed by atoms with van der Waals surface area (Å²) in [6.07, 6.45) is 0.519. The van der Waals surface area contributed by atoms with Crippen LogP contribution in [0.4, 0.5) is 5.69 Å². The Bertz CT molecular complexity index is 721. The quantitative estimate of drug-likeness (QED) is 0.698. The molecule has 120 valence electrons. The van der Waals surface area contributed by atoms with Gasteiger partial charge in [0.25, 0.3) is 0 Å². The first kappa shape index (κ1) is 15.8. The van der Waals surface area contributed by atoms with Crippen LogP contribution in [0.1, 0.15) is 23.6 Å². The van der Waals surface area contributed by atoms with Crippen molar-refractivity contribution in [3.8, 4) is 5.75 Å². The van der Waals surface area contributed by atoms with Gasteiger partial charge < -0.3 is 10.4 Å². The molecular weight excluding hydrogens is 314 g/mol. The van der Waals surface area contributed by atoms with E-state index in [0.717, 1.165) is 11.3 Å². The summed E-state index contributed by atoms with van der Waals surface area (Å²) in [6, 6.07) is 12.1. The average Bonchev–Trinajstić information content (AvgIpc) is 3.02. The summed E-state index contributed by atoms with van der Waals surface area (Å²) in [5.41, 5.74) is 8.27. The van der Waals surface area contributed by atoms with E-state index in [1.54, 1.807) is 12.1 Å². The molecule has 0 saturated carbocycles. The maximum Gasteiger partial charge on any atom is 0.242 e. The van der Waals surface area contributed by atoms with Crippen LogP contribution in [0.5, 0.6) is 5.75 Å². The van der Waals surface area contributed by atoms with Crippen LogP contribution in [0.15, 0.2) is 42.5 Å². The van der Waals surface area contributed by atoms with Crippen molar-refractivity contribution in [3.05, 3.63) is 58.6 Å². The monoisotopic (exact) mass is 331 g/mol. The number of anilines is 1. The Labute approximate surface area is 139 Å². The largest absolute Gasteiger partial charge is 0.508 e. The van der Waals surface area contributed by atoms with E-state index < -0.39 is 0 Å². The van der Waals surface area contributed by atoms with E-state index in [0.29, 0.717) is 17.0 Å². The lowest BCUT2D eigenvalue weighted by Crippen LogP contribution is -2.39. The Kier molecular flexibility index (Phi) is 4.52. The molecule has 23 heavy (non-hydrogen) atoms. The van der Waals surface area contributed by atoms with Gasteiger partial charge in [-0.25, -0.2) is 10.9 Å². The van der Waals surface area contributed by atoms with Crippen LogP contribution in [-0.4, -0.2) is 17.1 Å². The summed E-state index contributed by atoms with van der Waals surface area (Å²) in [5, 5.41) is 13.6. The van der Waals surface area contributed by atoms with Crippen molar-refractivity contribution in [3.63, 3.8) is 0 Å². The number of hydrogen-bond acceptors (Lipinski definition) is 4. The second-order valence-electron chi connectivity index (χ2n) is 5.65. The second-order valence-corrected chi connectivity index (χ2v) is 6.05. The molecule has 6 heteroatoms. The molecule has 0 aromatic heterocycles. The molecule has 1 aliphatic rings. The molecule has 1 saturated heterocycles. The highest BCUT2D eigenvalue weighted by atomic mass is 35.5. The predicted octanol–water partition coefficient (Wildman–Crippen LogP) is 2.90. The summed E-state index contributed by atoms with van der Waals surface area (Å²) < 4.78 is 0. The number of benzene rings is 2. The first-order chi connectivity index (χ1) is 11.0. The maximum atomic E-state index is 12.3. The van der Waals surface area contributed by atoms with E-state index in [-0.39, 0.29) is 23.7 Å². The Hall–Kier alpha value is -2.08. The summed E-state index contributed by atoms with van der Waals surface area (Å²) in [4.78, 5) is 12.3. The standard InChI is InChI=1S/C17H18ClN3O2/c1-10-7-16(22)12(8-13(10)18)14-9-15(21-20-14)17(23)19-11-5-3-2-4-6-11/h2-8,14-15,20-22H,9H2,1H3,(H,19,23). The highest BCUT2D eigenvalue weighted by Crippen LogP contribution is 2.33. The molecule has 1 aliphatic heterocycles. The third-order valence-corrected chi connectivity index (χ3v) is 4.35. The van der Waals surface area contributed by atoms with Gasteiger partial charge in [-0.1, -0.05) is 29.8 Å². The number of phenolic OH excluding ortho intramolecular Hbond substituents is 1. The number of hydrazine groups is 1. The third kappa shape index (κ3) is 3.47. The lowest BCUT2D eigenvalue weighted by atomic mass is 9.99. The number of phenols is 1. The van der Waals surface area contributed by atoms with Crippen LogP contribution >= 0.6 is 11.6 Å². The molecular formula is C17H18ClN3O2. The van der Waals surface area contributed by atoms with Crippen LogP contribution in [-0.2, 0) is 4.79 Å². The predicted molar refractivity (Wildman–Crippen MR) is 90.3 cm³/mol. The van der Waals surface area contributed by atoms with Crippen molar-refractivity contribution >= 4 is 23.2 Å². The van der Waals surface area contributed by atoms with Gasteiger partial charge in [-0.3, -0.25) is 4.79 Å². The molecule has 1 heterocycles. The van der Waals surface area contributed by atoms with Gasteiger partial charge in [-0.15, -0.1) is 0 Å².